The minimum Gasteiger partial charge on any atom is -0.378 e. The Bertz CT molecular complexity index is 445. The van der Waals surface area contributed by atoms with Crippen LogP contribution in [0.15, 0.2) is 6.07 Å². The number of rotatable bonds is 7. The molecule has 21 heavy (non-hydrogen) atoms. The van der Waals surface area contributed by atoms with E-state index in [9.17, 15) is 0 Å². The lowest BCUT2D eigenvalue weighted by Gasteiger charge is -2.34. The van der Waals surface area contributed by atoms with Gasteiger partial charge < -0.3 is 14.8 Å². The van der Waals surface area contributed by atoms with E-state index >= 15 is 0 Å². The topological polar surface area (TPSA) is 56.3 Å². The van der Waals surface area contributed by atoms with Crippen LogP contribution in [0.5, 0.6) is 0 Å². The van der Waals surface area contributed by atoms with Crippen molar-refractivity contribution in [3.8, 4) is 0 Å². The molecule has 1 saturated carbocycles. The predicted octanol–water partition coefficient (Wildman–Crippen LogP) is 3.25. The van der Waals surface area contributed by atoms with E-state index in [0.717, 1.165) is 43.1 Å². The van der Waals surface area contributed by atoms with Crippen LogP contribution in [-0.4, -0.2) is 30.7 Å². The van der Waals surface area contributed by atoms with Crippen molar-refractivity contribution in [2.75, 3.05) is 26.1 Å². The maximum Gasteiger partial charge on any atom is 0.162 e. The van der Waals surface area contributed by atoms with Gasteiger partial charge in [0.25, 0.3) is 0 Å². The average Bonchev–Trinajstić information content (AvgIpc) is 2.53. The smallest absolute Gasteiger partial charge is 0.162 e. The first-order chi connectivity index (χ1) is 10.2. The molecule has 1 aromatic heterocycles. The molecule has 0 unspecified atom stereocenters. The maximum atomic E-state index is 5.86. The van der Waals surface area contributed by atoms with Crippen molar-refractivity contribution in [3.05, 3.63) is 17.6 Å². The first kappa shape index (κ1) is 16.2. The van der Waals surface area contributed by atoms with Gasteiger partial charge in [0.05, 0.1) is 12.3 Å². The molecule has 0 atom stereocenters. The molecule has 0 bridgehead atoms. The molecule has 1 aromatic rings. The Kier molecular flexibility index (Phi) is 5.94. The molecule has 0 radical (unpaired) electrons. The summed E-state index contributed by atoms with van der Waals surface area (Å²) in [5.41, 5.74) is 0.577. The first-order valence-corrected chi connectivity index (χ1v) is 7.90. The quantitative estimate of drug-likeness (QED) is 0.836. The van der Waals surface area contributed by atoms with E-state index in [4.69, 9.17) is 19.4 Å². The highest BCUT2D eigenvalue weighted by Gasteiger charge is 2.37. The van der Waals surface area contributed by atoms with Crippen molar-refractivity contribution in [1.82, 2.24) is 9.97 Å². The van der Waals surface area contributed by atoms with Crippen LogP contribution in [0.1, 0.15) is 57.0 Å². The zero-order chi connectivity index (χ0) is 15.1. The minimum absolute atomic E-state index is 0.329. The Balaban J connectivity index is 2.32. The van der Waals surface area contributed by atoms with E-state index in [2.05, 4.69) is 12.2 Å². The number of hydrogen-bond acceptors (Lipinski definition) is 5. The highest BCUT2D eigenvalue weighted by Crippen LogP contribution is 2.38. The Morgan fingerprint density at radius 3 is 2.57 bits per heavy atom. The Morgan fingerprint density at radius 1 is 1.19 bits per heavy atom. The van der Waals surface area contributed by atoms with Crippen molar-refractivity contribution in [2.45, 2.75) is 57.7 Å². The molecule has 2 rings (SSSR count). The second kappa shape index (κ2) is 7.71. The Morgan fingerprint density at radius 2 is 1.95 bits per heavy atom. The zero-order valence-corrected chi connectivity index (χ0v) is 13.4. The lowest BCUT2D eigenvalue weighted by Crippen LogP contribution is -2.34. The molecule has 1 aliphatic carbocycles. The molecule has 118 valence electrons. The van der Waals surface area contributed by atoms with E-state index in [1.165, 1.54) is 19.3 Å². The van der Waals surface area contributed by atoms with Gasteiger partial charge in [0.15, 0.2) is 5.82 Å². The van der Waals surface area contributed by atoms with E-state index in [-0.39, 0.29) is 5.60 Å². The minimum atomic E-state index is -0.329. The van der Waals surface area contributed by atoms with Crippen LogP contribution in [0.2, 0.25) is 0 Å². The number of aromatic nitrogens is 2. The van der Waals surface area contributed by atoms with Crippen LogP contribution in [0.25, 0.3) is 0 Å². The number of nitrogens with zero attached hydrogens (tertiary/aromatic N) is 2. The molecule has 0 spiro atoms. The molecular formula is C16H27N3O2. The molecule has 0 saturated heterocycles. The molecular weight excluding hydrogens is 266 g/mol. The maximum absolute atomic E-state index is 5.86. The van der Waals surface area contributed by atoms with Crippen LogP contribution < -0.4 is 5.32 Å². The van der Waals surface area contributed by atoms with Gasteiger partial charge in [-0.05, 0) is 19.3 Å². The summed E-state index contributed by atoms with van der Waals surface area (Å²) in [5.74, 6) is 1.67. The molecule has 1 aliphatic rings. The van der Waals surface area contributed by atoms with E-state index < -0.39 is 0 Å². The standard InChI is InChI=1S/C16H27N3O2/c1-4-10-17-14-11-13(12-20-2)18-15(19-14)16(21-3)8-6-5-7-9-16/h11H,4-10,12H2,1-3H3,(H,17,18,19). The SMILES string of the molecule is CCCNc1cc(COC)nc(C2(OC)CCCCC2)n1. The molecule has 5 nitrogen and oxygen atoms in total. The highest BCUT2D eigenvalue weighted by atomic mass is 16.5. The predicted molar refractivity (Wildman–Crippen MR) is 83.3 cm³/mol. The lowest BCUT2D eigenvalue weighted by molar-refractivity contribution is -0.0517. The fourth-order valence-electron chi connectivity index (χ4n) is 2.91. The second-order valence-corrected chi connectivity index (χ2v) is 5.69. The summed E-state index contributed by atoms with van der Waals surface area (Å²) in [6, 6.07) is 1.97. The van der Waals surface area contributed by atoms with E-state index in [1.807, 2.05) is 6.07 Å². The van der Waals surface area contributed by atoms with Gasteiger partial charge in [-0.1, -0.05) is 26.2 Å². The van der Waals surface area contributed by atoms with Crippen LogP contribution in [0.3, 0.4) is 0 Å². The van der Waals surface area contributed by atoms with Gasteiger partial charge >= 0.3 is 0 Å². The van der Waals surface area contributed by atoms with Gasteiger partial charge in [0, 0.05) is 26.8 Å². The van der Waals surface area contributed by atoms with Crippen LogP contribution in [0, 0.1) is 0 Å². The fourth-order valence-corrected chi connectivity index (χ4v) is 2.91. The third-order valence-electron chi connectivity index (χ3n) is 4.09. The molecule has 0 aliphatic heterocycles. The molecule has 0 aromatic carbocycles. The third-order valence-corrected chi connectivity index (χ3v) is 4.09. The first-order valence-electron chi connectivity index (χ1n) is 7.90. The lowest BCUT2D eigenvalue weighted by atomic mass is 9.84. The fraction of sp³-hybridized carbons (Fsp3) is 0.750. The van der Waals surface area contributed by atoms with Crippen molar-refractivity contribution < 1.29 is 9.47 Å². The summed E-state index contributed by atoms with van der Waals surface area (Å²) in [6.45, 7) is 3.54. The van der Waals surface area contributed by atoms with Crippen molar-refractivity contribution in [3.63, 3.8) is 0 Å². The van der Waals surface area contributed by atoms with Crippen molar-refractivity contribution >= 4 is 5.82 Å². The number of methoxy groups -OCH3 is 2. The van der Waals surface area contributed by atoms with Crippen LogP contribution in [0.4, 0.5) is 5.82 Å². The summed E-state index contributed by atoms with van der Waals surface area (Å²) in [7, 11) is 3.46. The van der Waals surface area contributed by atoms with Gasteiger partial charge in [0.2, 0.25) is 0 Å². The van der Waals surface area contributed by atoms with Gasteiger partial charge in [-0.15, -0.1) is 0 Å². The second-order valence-electron chi connectivity index (χ2n) is 5.69. The van der Waals surface area contributed by atoms with Gasteiger partial charge in [-0.3, -0.25) is 0 Å². The van der Waals surface area contributed by atoms with E-state index in [0.29, 0.717) is 6.61 Å². The van der Waals surface area contributed by atoms with Gasteiger partial charge in [-0.25, -0.2) is 9.97 Å². The number of anilines is 1. The van der Waals surface area contributed by atoms with Crippen LogP contribution in [-0.2, 0) is 21.7 Å². The summed E-state index contributed by atoms with van der Waals surface area (Å²) in [5, 5.41) is 3.35. The molecule has 5 heteroatoms. The monoisotopic (exact) mass is 293 g/mol. The van der Waals surface area contributed by atoms with Crippen molar-refractivity contribution in [1.29, 1.82) is 0 Å². The largest absolute Gasteiger partial charge is 0.378 e. The zero-order valence-electron chi connectivity index (χ0n) is 13.4. The number of ether oxygens (including phenoxy) is 2. The number of hydrogen-bond donors (Lipinski definition) is 1. The van der Waals surface area contributed by atoms with Crippen LogP contribution >= 0.6 is 0 Å². The van der Waals surface area contributed by atoms with Gasteiger partial charge in [0.1, 0.15) is 11.4 Å². The molecule has 1 heterocycles. The average molecular weight is 293 g/mol. The Hall–Kier alpha value is -1.20. The Labute approximate surface area is 127 Å². The van der Waals surface area contributed by atoms with Crippen molar-refractivity contribution in [2.24, 2.45) is 0 Å². The normalized spacial score (nSPS) is 17.7. The van der Waals surface area contributed by atoms with E-state index in [1.54, 1.807) is 14.2 Å². The summed E-state index contributed by atoms with van der Waals surface area (Å²) < 4.78 is 11.1. The van der Waals surface area contributed by atoms with Gasteiger partial charge in [-0.2, -0.15) is 0 Å². The third kappa shape index (κ3) is 3.92. The highest BCUT2D eigenvalue weighted by molar-refractivity contribution is 5.37. The molecule has 0 amide bonds. The molecule has 1 fully saturated rings. The summed E-state index contributed by atoms with van der Waals surface area (Å²) in [6.07, 6.45) is 6.66. The summed E-state index contributed by atoms with van der Waals surface area (Å²) >= 11 is 0. The summed E-state index contributed by atoms with van der Waals surface area (Å²) in [4.78, 5) is 9.41. The number of nitrogens with one attached hydrogen (secondary N) is 1. The molecule has 1 N–H and O–H groups in total.